The van der Waals surface area contributed by atoms with E-state index >= 15 is 0 Å². The summed E-state index contributed by atoms with van der Waals surface area (Å²) < 4.78 is 45.3. The Balaban J connectivity index is 1.92. The van der Waals surface area contributed by atoms with Gasteiger partial charge < -0.3 is 9.29 Å². The van der Waals surface area contributed by atoms with Gasteiger partial charge >= 0.3 is 0 Å². The van der Waals surface area contributed by atoms with Crippen molar-refractivity contribution in [2.75, 3.05) is 7.04 Å². The number of benzene rings is 1. The zero-order chi connectivity index (χ0) is 20.0. The number of hydrogen-bond donors (Lipinski definition) is 0. The second-order valence-electron chi connectivity index (χ2n) is 7.88. The fraction of sp³-hybridized carbons (Fsp3) is 0.632. The first-order valence-corrected chi connectivity index (χ1v) is 10.3. The fourth-order valence-corrected chi connectivity index (χ4v) is 4.79. The van der Waals surface area contributed by atoms with E-state index in [9.17, 15) is 4.55 Å². The molecule has 1 spiro atoms. The van der Waals surface area contributed by atoms with Gasteiger partial charge in [0.2, 0.25) is 0 Å². The summed E-state index contributed by atoms with van der Waals surface area (Å²) in [4.78, 5) is 0. The van der Waals surface area contributed by atoms with Crippen molar-refractivity contribution in [2.45, 2.75) is 63.7 Å². The van der Waals surface area contributed by atoms with E-state index in [1.807, 2.05) is 26.8 Å². The van der Waals surface area contributed by atoms with Crippen molar-refractivity contribution in [1.82, 2.24) is 0 Å². The molecule has 0 aliphatic heterocycles. The minimum absolute atomic E-state index is 0.182. The van der Waals surface area contributed by atoms with E-state index in [2.05, 4.69) is 28.1 Å². The smallest absolute Gasteiger partial charge is 0.144 e. The number of fused-ring (bicyclic) bond motifs is 1. The van der Waals surface area contributed by atoms with Gasteiger partial charge in [0, 0.05) is 22.5 Å². The molecule has 0 aromatic heterocycles. The molecule has 1 unspecified atom stereocenters. The molecule has 0 heterocycles. The minimum Gasteiger partial charge on any atom is -0.591 e. The van der Waals surface area contributed by atoms with E-state index < -0.39 is 23.1 Å². The van der Waals surface area contributed by atoms with Crippen LogP contribution in [0.25, 0.3) is 0 Å². The number of ether oxygens (including phenoxy) is 1. The Bertz CT molecular complexity index is 737. The minimum atomic E-state index is -2.36. The molecular formula is C19H26BrNO2S. The van der Waals surface area contributed by atoms with Crippen LogP contribution >= 0.6 is 15.9 Å². The first-order chi connectivity index (χ1) is 12.4. The zero-order valence-corrected chi connectivity index (χ0v) is 16.8. The summed E-state index contributed by atoms with van der Waals surface area (Å²) in [6.07, 6.45) is 3.54. The highest BCUT2D eigenvalue weighted by atomic mass is 79.9. The highest BCUT2D eigenvalue weighted by molar-refractivity contribution is 9.10. The Labute approximate surface area is 160 Å². The van der Waals surface area contributed by atoms with E-state index in [-0.39, 0.29) is 11.5 Å². The Hall–Kier alpha value is -0.360. The van der Waals surface area contributed by atoms with Crippen LogP contribution in [0.15, 0.2) is 27.1 Å². The summed E-state index contributed by atoms with van der Waals surface area (Å²) in [5.41, 5.74) is 3.02. The predicted octanol–water partition coefficient (Wildman–Crippen LogP) is 4.83. The van der Waals surface area contributed by atoms with Crippen molar-refractivity contribution in [2.24, 2.45) is 9.81 Å². The van der Waals surface area contributed by atoms with Crippen LogP contribution in [0.2, 0.25) is 0 Å². The molecule has 5 heteroatoms. The first kappa shape index (κ1) is 14.8. The lowest BCUT2D eigenvalue weighted by atomic mass is 9.70. The monoisotopic (exact) mass is 414 g/mol. The largest absolute Gasteiger partial charge is 0.591 e. The second kappa shape index (κ2) is 6.75. The van der Waals surface area contributed by atoms with Crippen molar-refractivity contribution in [1.29, 1.82) is 0 Å². The normalized spacial score (nSPS) is 32.3. The molecule has 0 bridgehead atoms. The average molecular weight is 415 g/mol. The maximum atomic E-state index is 12.8. The van der Waals surface area contributed by atoms with Crippen LogP contribution in [-0.2, 0) is 22.5 Å². The second-order valence-corrected chi connectivity index (χ2v) is 10.7. The molecule has 0 amide bonds. The number of rotatable bonds is 2. The van der Waals surface area contributed by atoms with Crippen LogP contribution in [0.4, 0.5) is 0 Å². The lowest BCUT2D eigenvalue weighted by Crippen LogP contribution is -2.37. The maximum absolute atomic E-state index is 12.8. The molecule has 24 heavy (non-hydrogen) atoms. The molecule has 2 aliphatic carbocycles. The summed E-state index contributed by atoms with van der Waals surface area (Å²) in [6.45, 7) is 5.78. The van der Waals surface area contributed by atoms with Gasteiger partial charge in [0.15, 0.2) is 0 Å². The number of methoxy groups -OCH3 is 1. The van der Waals surface area contributed by atoms with Crippen LogP contribution in [0.3, 0.4) is 0 Å². The Morgan fingerprint density at radius 3 is 2.71 bits per heavy atom. The SMILES string of the molecule is [2H]C([2H])([2H])O[C@H]1CC[C@]2(CC1)Cc1ccc(Br)cc1C2=N[S+]([O-])C(C)(C)C. The van der Waals surface area contributed by atoms with Crippen molar-refractivity contribution in [3.63, 3.8) is 0 Å². The highest BCUT2D eigenvalue weighted by Gasteiger charge is 2.47. The predicted molar refractivity (Wildman–Crippen MR) is 104 cm³/mol. The third kappa shape index (κ3) is 3.46. The van der Waals surface area contributed by atoms with Gasteiger partial charge in [-0.2, -0.15) is 0 Å². The van der Waals surface area contributed by atoms with Crippen molar-refractivity contribution in [3.8, 4) is 0 Å². The molecule has 1 aromatic rings. The number of hydrogen-bond acceptors (Lipinski definition) is 3. The summed E-state index contributed by atoms with van der Waals surface area (Å²) in [5.74, 6) is 0. The number of halogens is 1. The summed E-state index contributed by atoms with van der Waals surface area (Å²) in [5, 5.41) is 0. The van der Waals surface area contributed by atoms with Gasteiger partial charge in [0.05, 0.1) is 10.2 Å². The third-order valence-corrected chi connectivity index (χ3v) is 7.00. The molecule has 0 saturated heterocycles. The van der Waals surface area contributed by atoms with Crippen molar-refractivity contribution >= 4 is 33.0 Å². The molecule has 0 radical (unpaired) electrons. The maximum Gasteiger partial charge on any atom is 0.144 e. The van der Waals surface area contributed by atoms with E-state index in [1.54, 1.807) is 0 Å². The topological polar surface area (TPSA) is 44.6 Å². The van der Waals surface area contributed by atoms with Crippen molar-refractivity contribution in [3.05, 3.63) is 33.8 Å². The van der Waals surface area contributed by atoms with E-state index in [4.69, 9.17) is 13.2 Å². The highest BCUT2D eigenvalue weighted by Crippen LogP contribution is 2.49. The molecule has 0 N–H and O–H groups in total. The van der Waals surface area contributed by atoms with Crippen LogP contribution in [-0.4, -0.2) is 28.2 Å². The lowest BCUT2D eigenvalue weighted by molar-refractivity contribution is 0.0468. The molecule has 3 rings (SSSR count). The molecule has 2 aliphatic rings. The summed E-state index contributed by atoms with van der Waals surface area (Å²) in [7, 11) is -2.36. The van der Waals surface area contributed by atoms with E-state index in [0.29, 0.717) is 12.8 Å². The van der Waals surface area contributed by atoms with Crippen LogP contribution in [0.1, 0.15) is 61.7 Å². The van der Waals surface area contributed by atoms with Crippen LogP contribution < -0.4 is 0 Å². The summed E-state index contributed by atoms with van der Waals surface area (Å²) >= 11 is 2.20. The molecule has 132 valence electrons. The van der Waals surface area contributed by atoms with Gasteiger partial charge in [-0.3, -0.25) is 0 Å². The molecular weight excluding hydrogens is 386 g/mol. The van der Waals surface area contributed by atoms with Gasteiger partial charge in [-0.05, 0) is 70.6 Å². The van der Waals surface area contributed by atoms with E-state index in [1.165, 1.54) is 5.56 Å². The van der Waals surface area contributed by atoms with Gasteiger partial charge in [0.1, 0.15) is 21.8 Å². The van der Waals surface area contributed by atoms with Crippen LogP contribution in [0, 0.1) is 5.41 Å². The quantitative estimate of drug-likeness (QED) is 0.650. The Morgan fingerprint density at radius 2 is 2.08 bits per heavy atom. The third-order valence-electron chi connectivity index (χ3n) is 5.11. The molecule has 1 aromatic carbocycles. The Morgan fingerprint density at radius 1 is 1.38 bits per heavy atom. The lowest BCUT2D eigenvalue weighted by Gasteiger charge is -2.37. The fourth-order valence-electron chi connectivity index (χ4n) is 3.70. The Kier molecular flexibility index (Phi) is 4.15. The molecule has 1 atom stereocenters. The summed E-state index contributed by atoms with van der Waals surface area (Å²) in [6, 6.07) is 6.20. The average Bonchev–Trinajstić information content (AvgIpc) is 2.81. The van der Waals surface area contributed by atoms with Crippen molar-refractivity contribution < 1.29 is 13.4 Å². The zero-order valence-electron chi connectivity index (χ0n) is 17.4. The molecule has 1 saturated carbocycles. The van der Waals surface area contributed by atoms with Crippen LogP contribution in [0.5, 0.6) is 0 Å². The van der Waals surface area contributed by atoms with Gasteiger partial charge in [-0.25, -0.2) is 0 Å². The number of nitrogens with zero attached hydrogens (tertiary/aromatic N) is 1. The molecule has 3 nitrogen and oxygen atoms in total. The standard InChI is InChI=1S/C19H26BrNO2S/c1-18(2,3)24(22)21-17-16-11-14(20)6-5-13(16)12-19(17)9-7-15(23-4)8-10-19/h5-6,11,15H,7-10,12H2,1-4H3/t15-,19-,24?/i4D3. The van der Waals surface area contributed by atoms with Gasteiger partial charge in [-0.15, -0.1) is 0 Å². The van der Waals surface area contributed by atoms with Gasteiger partial charge in [-0.1, -0.05) is 26.4 Å². The van der Waals surface area contributed by atoms with Gasteiger partial charge in [0.25, 0.3) is 0 Å². The van der Waals surface area contributed by atoms with E-state index in [0.717, 1.165) is 35.0 Å². The first-order valence-electron chi connectivity index (χ1n) is 9.87. The molecule has 1 fully saturated rings.